The van der Waals surface area contributed by atoms with Crippen LogP contribution in [0, 0.1) is 5.92 Å². The molecule has 1 aliphatic carbocycles. The van der Waals surface area contributed by atoms with Crippen LogP contribution < -0.4 is 5.32 Å². The highest BCUT2D eigenvalue weighted by Crippen LogP contribution is 2.29. The smallest absolute Gasteiger partial charge is 0.220 e. The molecule has 2 aliphatic rings. The van der Waals surface area contributed by atoms with Gasteiger partial charge in [-0.3, -0.25) is 4.79 Å². The number of carbonyl (C=O) groups is 1. The van der Waals surface area contributed by atoms with E-state index in [4.69, 9.17) is 0 Å². The fraction of sp³-hybridized carbons (Fsp3) is 0.923. The van der Waals surface area contributed by atoms with E-state index in [0.29, 0.717) is 18.4 Å². The zero-order valence-corrected chi connectivity index (χ0v) is 10.5. The quantitative estimate of drug-likeness (QED) is 0.789. The van der Waals surface area contributed by atoms with E-state index in [1.165, 1.54) is 25.9 Å². The second kappa shape index (κ2) is 5.17. The summed E-state index contributed by atoms with van der Waals surface area (Å²) in [5.41, 5.74) is 0. The van der Waals surface area contributed by atoms with E-state index in [2.05, 4.69) is 24.1 Å². The summed E-state index contributed by atoms with van der Waals surface area (Å²) < 4.78 is 0. The van der Waals surface area contributed by atoms with Gasteiger partial charge in [-0.1, -0.05) is 13.8 Å². The molecule has 0 bridgehead atoms. The van der Waals surface area contributed by atoms with E-state index in [0.717, 1.165) is 18.9 Å². The van der Waals surface area contributed by atoms with Crippen molar-refractivity contribution in [2.45, 2.75) is 58.0 Å². The summed E-state index contributed by atoms with van der Waals surface area (Å²) >= 11 is 0. The van der Waals surface area contributed by atoms with E-state index in [1.807, 2.05) is 0 Å². The molecule has 92 valence electrons. The number of nitrogens with zero attached hydrogens (tertiary/aromatic N) is 1. The van der Waals surface area contributed by atoms with Crippen LogP contribution in [-0.4, -0.2) is 36.0 Å². The minimum Gasteiger partial charge on any atom is -0.353 e. The Morgan fingerprint density at radius 3 is 2.38 bits per heavy atom. The SMILES string of the molecule is CC(C)CC(=O)NC1CCN(C2CC2)CC1. The molecule has 1 aliphatic heterocycles. The third kappa shape index (κ3) is 3.48. The molecular weight excluding hydrogens is 200 g/mol. The maximum Gasteiger partial charge on any atom is 0.220 e. The van der Waals surface area contributed by atoms with Crippen molar-refractivity contribution in [3.8, 4) is 0 Å². The fourth-order valence-corrected chi connectivity index (χ4v) is 2.51. The molecule has 1 saturated carbocycles. The predicted octanol–water partition coefficient (Wildman–Crippen LogP) is 1.78. The van der Waals surface area contributed by atoms with Crippen LogP contribution >= 0.6 is 0 Å². The van der Waals surface area contributed by atoms with Crippen molar-refractivity contribution in [3.63, 3.8) is 0 Å². The monoisotopic (exact) mass is 224 g/mol. The van der Waals surface area contributed by atoms with Crippen LogP contribution in [0.3, 0.4) is 0 Å². The fourth-order valence-electron chi connectivity index (χ4n) is 2.51. The van der Waals surface area contributed by atoms with E-state index in [-0.39, 0.29) is 5.91 Å². The second-order valence-corrected chi connectivity index (χ2v) is 5.71. The Kier molecular flexibility index (Phi) is 3.85. The van der Waals surface area contributed by atoms with E-state index >= 15 is 0 Å². The molecular formula is C13H24N2O. The first-order valence-electron chi connectivity index (χ1n) is 6.68. The normalized spacial score (nSPS) is 23.7. The van der Waals surface area contributed by atoms with Gasteiger partial charge in [-0.15, -0.1) is 0 Å². The molecule has 1 N–H and O–H groups in total. The van der Waals surface area contributed by atoms with Gasteiger partial charge in [-0.25, -0.2) is 0 Å². The number of carbonyl (C=O) groups excluding carboxylic acids is 1. The zero-order valence-electron chi connectivity index (χ0n) is 10.5. The van der Waals surface area contributed by atoms with Crippen LogP contribution in [0.25, 0.3) is 0 Å². The molecule has 0 radical (unpaired) electrons. The molecule has 3 heteroatoms. The first-order chi connectivity index (χ1) is 7.65. The highest BCUT2D eigenvalue weighted by molar-refractivity contribution is 5.76. The van der Waals surface area contributed by atoms with Crippen molar-refractivity contribution < 1.29 is 4.79 Å². The molecule has 0 spiro atoms. The molecule has 0 aromatic carbocycles. The highest BCUT2D eigenvalue weighted by Gasteiger charge is 2.31. The van der Waals surface area contributed by atoms with Gasteiger partial charge in [0.25, 0.3) is 0 Å². The Morgan fingerprint density at radius 1 is 1.25 bits per heavy atom. The molecule has 16 heavy (non-hydrogen) atoms. The summed E-state index contributed by atoms with van der Waals surface area (Å²) in [6.07, 6.45) is 5.73. The molecule has 1 saturated heterocycles. The van der Waals surface area contributed by atoms with Gasteiger partial charge >= 0.3 is 0 Å². The van der Waals surface area contributed by atoms with Crippen LogP contribution in [0.2, 0.25) is 0 Å². The van der Waals surface area contributed by atoms with Crippen molar-refractivity contribution >= 4 is 5.91 Å². The zero-order chi connectivity index (χ0) is 11.5. The van der Waals surface area contributed by atoms with Crippen LogP contribution in [0.15, 0.2) is 0 Å². The Balaban J connectivity index is 1.66. The van der Waals surface area contributed by atoms with Gasteiger partial charge in [0, 0.05) is 31.6 Å². The number of nitrogens with one attached hydrogen (secondary N) is 1. The molecule has 2 fully saturated rings. The molecule has 0 aromatic rings. The lowest BCUT2D eigenvalue weighted by molar-refractivity contribution is -0.122. The number of hydrogen-bond acceptors (Lipinski definition) is 2. The molecule has 1 amide bonds. The second-order valence-electron chi connectivity index (χ2n) is 5.71. The van der Waals surface area contributed by atoms with Gasteiger partial charge in [-0.2, -0.15) is 0 Å². The molecule has 0 unspecified atom stereocenters. The van der Waals surface area contributed by atoms with Gasteiger partial charge in [0.15, 0.2) is 0 Å². The van der Waals surface area contributed by atoms with Crippen LogP contribution in [0.5, 0.6) is 0 Å². The highest BCUT2D eigenvalue weighted by atomic mass is 16.1. The van der Waals surface area contributed by atoms with Gasteiger partial charge in [0.1, 0.15) is 0 Å². The van der Waals surface area contributed by atoms with Crippen molar-refractivity contribution in [2.75, 3.05) is 13.1 Å². The van der Waals surface area contributed by atoms with Gasteiger partial charge in [-0.05, 0) is 31.6 Å². The Bertz CT molecular complexity index is 240. The minimum absolute atomic E-state index is 0.236. The first-order valence-corrected chi connectivity index (χ1v) is 6.68. The number of piperidine rings is 1. The summed E-state index contributed by atoms with van der Waals surface area (Å²) in [6.45, 7) is 6.54. The number of hydrogen-bond donors (Lipinski definition) is 1. The molecule has 0 aromatic heterocycles. The average molecular weight is 224 g/mol. The maximum absolute atomic E-state index is 11.6. The van der Waals surface area contributed by atoms with Crippen LogP contribution in [-0.2, 0) is 4.79 Å². The largest absolute Gasteiger partial charge is 0.353 e. The van der Waals surface area contributed by atoms with Gasteiger partial charge in [0.2, 0.25) is 5.91 Å². The van der Waals surface area contributed by atoms with Crippen LogP contribution in [0.1, 0.15) is 46.0 Å². The Labute approximate surface area is 98.6 Å². The lowest BCUT2D eigenvalue weighted by Gasteiger charge is -2.32. The van der Waals surface area contributed by atoms with Crippen LogP contribution in [0.4, 0.5) is 0 Å². The molecule has 1 heterocycles. The van der Waals surface area contributed by atoms with E-state index in [9.17, 15) is 4.79 Å². The first kappa shape index (κ1) is 11.9. The molecule has 3 nitrogen and oxygen atoms in total. The lowest BCUT2D eigenvalue weighted by atomic mass is 10.0. The topological polar surface area (TPSA) is 32.3 Å². The van der Waals surface area contributed by atoms with Crippen molar-refractivity contribution in [3.05, 3.63) is 0 Å². The summed E-state index contributed by atoms with van der Waals surface area (Å²) in [4.78, 5) is 14.2. The van der Waals surface area contributed by atoms with E-state index < -0.39 is 0 Å². The summed E-state index contributed by atoms with van der Waals surface area (Å²) in [5, 5.41) is 3.16. The summed E-state index contributed by atoms with van der Waals surface area (Å²) in [6, 6.07) is 1.31. The third-order valence-corrected chi connectivity index (χ3v) is 3.55. The number of rotatable bonds is 4. The minimum atomic E-state index is 0.236. The number of likely N-dealkylation sites (tertiary alicyclic amines) is 1. The number of amides is 1. The maximum atomic E-state index is 11.6. The lowest BCUT2D eigenvalue weighted by Crippen LogP contribution is -2.45. The third-order valence-electron chi connectivity index (χ3n) is 3.55. The molecule has 2 rings (SSSR count). The standard InChI is InChI=1S/C13H24N2O/c1-10(2)9-13(16)14-11-5-7-15(8-6-11)12-3-4-12/h10-12H,3-9H2,1-2H3,(H,14,16). The van der Waals surface area contributed by atoms with Crippen molar-refractivity contribution in [1.29, 1.82) is 0 Å². The molecule has 0 atom stereocenters. The summed E-state index contributed by atoms with van der Waals surface area (Å²) in [7, 11) is 0. The van der Waals surface area contributed by atoms with Crippen molar-refractivity contribution in [2.24, 2.45) is 5.92 Å². The van der Waals surface area contributed by atoms with Crippen molar-refractivity contribution in [1.82, 2.24) is 10.2 Å². The summed E-state index contributed by atoms with van der Waals surface area (Å²) in [5.74, 6) is 0.700. The predicted molar refractivity (Wildman–Crippen MR) is 65.2 cm³/mol. The Hall–Kier alpha value is -0.570. The van der Waals surface area contributed by atoms with Gasteiger partial charge in [0.05, 0.1) is 0 Å². The Morgan fingerprint density at radius 2 is 1.88 bits per heavy atom. The van der Waals surface area contributed by atoms with Gasteiger partial charge < -0.3 is 10.2 Å². The average Bonchev–Trinajstić information content (AvgIpc) is 3.00. The van der Waals surface area contributed by atoms with E-state index in [1.54, 1.807) is 0 Å².